The van der Waals surface area contributed by atoms with Crippen LogP contribution in [-0.2, 0) is 27.2 Å². The minimum atomic E-state index is -0.427. The Labute approximate surface area is 208 Å². The molecule has 1 atom stereocenters. The van der Waals surface area contributed by atoms with Crippen LogP contribution in [0.25, 0.3) is 0 Å². The fraction of sp³-hybridized carbons (Fsp3) is 0.480. The van der Waals surface area contributed by atoms with Gasteiger partial charge >= 0.3 is 5.97 Å². The summed E-state index contributed by atoms with van der Waals surface area (Å²) in [5.74, 6) is -0.191. The van der Waals surface area contributed by atoms with E-state index in [1.54, 1.807) is 25.1 Å². The third-order valence-electron chi connectivity index (χ3n) is 6.39. The number of nitrogens with zero attached hydrogens (tertiary/aromatic N) is 1. The Morgan fingerprint density at radius 1 is 1.32 bits per heavy atom. The number of carbonyl (C=O) groups is 3. The number of anilines is 2. The van der Waals surface area contributed by atoms with Gasteiger partial charge in [-0.05, 0) is 61.3 Å². The lowest BCUT2D eigenvalue weighted by atomic mass is 9.72. The fourth-order valence-electron chi connectivity index (χ4n) is 4.49. The Morgan fingerprint density at radius 2 is 2.09 bits per heavy atom. The van der Waals surface area contributed by atoms with Crippen molar-refractivity contribution in [2.24, 2.45) is 11.3 Å². The summed E-state index contributed by atoms with van der Waals surface area (Å²) in [5, 5.41) is 3.80. The van der Waals surface area contributed by atoms with Gasteiger partial charge in [-0.3, -0.25) is 14.5 Å². The van der Waals surface area contributed by atoms with E-state index in [1.807, 2.05) is 0 Å². The summed E-state index contributed by atoms with van der Waals surface area (Å²) >= 11 is 7.53. The molecule has 0 spiro atoms. The molecule has 182 valence electrons. The van der Waals surface area contributed by atoms with Crippen LogP contribution in [0, 0.1) is 11.3 Å². The fourth-order valence-corrected chi connectivity index (χ4v) is 5.99. The van der Waals surface area contributed by atoms with Crippen molar-refractivity contribution in [3.8, 4) is 5.75 Å². The average molecular weight is 505 g/mol. The molecule has 0 bridgehead atoms. The molecular weight excluding hydrogens is 476 g/mol. The Hall–Kier alpha value is -2.58. The van der Waals surface area contributed by atoms with Gasteiger partial charge in [0.1, 0.15) is 17.3 Å². The molecule has 1 aliphatic carbocycles. The molecule has 1 aliphatic heterocycles. The van der Waals surface area contributed by atoms with E-state index in [1.165, 1.54) is 16.2 Å². The number of rotatable bonds is 5. The highest BCUT2D eigenvalue weighted by molar-refractivity contribution is 7.17. The summed E-state index contributed by atoms with van der Waals surface area (Å²) in [6.07, 6.45) is 2.61. The molecule has 9 heteroatoms. The molecule has 4 rings (SSSR count). The van der Waals surface area contributed by atoms with Crippen LogP contribution in [0.1, 0.15) is 54.9 Å². The minimum absolute atomic E-state index is 0.153. The number of halogens is 1. The van der Waals surface area contributed by atoms with E-state index in [2.05, 4.69) is 26.1 Å². The SMILES string of the molecule is CCOC(=O)c1c(NC(=O)CN2C(=O)COc3ccc(Cl)cc32)sc2c1CC[C@@H](C(C)(C)C)C2. The van der Waals surface area contributed by atoms with Crippen LogP contribution < -0.4 is 15.0 Å². The Morgan fingerprint density at radius 3 is 2.79 bits per heavy atom. The van der Waals surface area contributed by atoms with Crippen molar-refractivity contribution in [2.75, 3.05) is 30.0 Å². The molecule has 1 N–H and O–H groups in total. The van der Waals surface area contributed by atoms with Crippen LogP contribution in [0.5, 0.6) is 5.75 Å². The lowest BCUT2D eigenvalue weighted by Crippen LogP contribution is -2.43. The maximum absolute atomic E-state index is 13.1. The topological polar surface area (TPSA) is 84.9 Å². The van der Waals surface area contributed by atoms with E-state index in [4.69, 9.17) is 21.1 Å². The van der Waals surface area contributed by atoms with Gasteiger partial charge in [0.25, 0.3) is 5.91 Å². The molecule has 2 heterocycles. The first-order valence-corrected chi connectivity index (χ1v) is 12.6. The van der Waals surface area contributed by atoms with E-state index in [0.717, 1.165) is 29.7 Å². The number of hydrogen-bond acceptors (Lipinski definition) is 6. The number of carbonyl (C=O) groups excluding carboxylic acids is 3. The molecule has 1 aromatic heterocycles. The van der Waals surface area contributed by atoms with E-state index >= 15 is 0 Å². The molecule has 1 aromatic carbocycles. The molecular formula is C25H29ClN2O5S. The van der Waals surface area contributed by atoms with Gasteiger partial charge in [0.2, 0.25) is 5.91 Å². The van der Waals surface area contributed by atoms with Crippen molar-refractivity contribution >= 4 is 51.4 Å². The first-order valence-electron chi connectivity index (χ1n) is 11.4. The second-order valence-electron chi connectivity index (χ2n) is 9.66. The van der Waals surface area contributed by atoms with E-state index in [0.29, 0.717) is 32.9 Å². The number of fused-ring (bicyclic) bond motifs is 2. The molecule has 2 aromatic rings. The molecule has 34 heavy (non-hydrogen) atoms. The van der Waals surface area contributed by atoms with Crippen molar-refractivity contribution in [1.82, 2.24) is 0 Å². The van der Waals surface area contributed by atoms with Crippen LogP contribution in [0.3, 0.4) is 0 Å². The minimum Gasteiger partial charge on any atom is -0.482 e. The first-order chi connectivity index (χ1) is 16.1. The van der Waals surface area contributed by atoms with Crippen LogP contribution in [-0.4, -0.2) is 37.5 Å². The Kier molecular flexibility index (Phi) is 6.92. The molecule has 7 nitrogen and oxygen atoms in total. The zero-order chi connectivity index (χ0) is 24.6. The van der Waals surface area contributed by atoms with Gasteiger partial charge in [-0.1, -0.05) is 32.4 Å². The molecule has 2 aliphatic rings. The maximum atomic E-state index is 13.1. The first kappa shape index (κ1) is 24.5. The zero-order valence-electron chi connectivity index (χ0n) is 19.8. The van der Waals surface area contributed by atoms with Crippen molar-refractivity contribution in [3.05, 3.63) is 39.2 Å². The van der Waals surface area contributed by atoms with Gasteiger partial charge in [-0.25, -0.2) is 4.79 Å². The van der Waals surface area contributed by atoms with Crippen LogP contribution in [0.2, 0.25) is 5.02 Å². The van der Waals surface area contributed by atoms with Gasteiger partial charge < -0.3 is 14.8 Å². The van der Waals surface area contributed by atoms with Gasteiger partial charge in [0.15, 0.2) is 6.61 Å². The molecule has 0 saturated carbocycles. The standard InChI is InChI=1S/C25H29ClN2O5S/c1-5-32-24(31)22-16-8-6-14(25(2,3)4)10-19(16)34-23(22)27-20(29)12-28-17-11-15(26)7-9-18(17)33-13-21(28)30/h7,9,11,14H,5-6,8,10,12-13H2,1-4H3,(H,27,29)/t14-/m1/s1. The highest BCUT2D eigenvalue weighted by Crippen LogP contribution is 2.44. The van der Waals surface area contributed by atoms with Gasteiger partial charge in [-0.2, -0.15) is 0 Å². The maximum Gasteiger partial charge on any atom is 0.341 e. The number of esters is 1. The predicted molar refractivity (Wildman–Crippen MR) is 133 cm³/mol. The van der Waals surface area contributed by atoms with E-state index in [-0.39, 0.29) is 31.1 Å². The number of amides is 2. The molecule has 0 radical (unpaired) electrons. The summed E-state index contributed by atoms with van der Waals surface area (Å²) in [6, 6.07) is 4.94. The lowest BCUT2D eigenvalue weighted by Gasteiger charge is -2.33. The third-order valence-corrected chi connectivity index (χ3v) is 7.79. The zero-order valence-corrected chi connectivity index (χ0v) is 21.4. The number of hydrogen-bond donors (Lipinski definition) is 1. The molecule has 0 unspecified atom stereocenters. The summed E-state index contributed by atoms with van der Waals surface area (Å²) in [5.41, 5.74) is 2.02. The van der Waals surface area contributed by atoms with Gasteiger partial charge in [-0.15, -0.1) is 11.3 Å². The van der Waals surface area contributed by atoms with Gasteiger partial charge in [0.05, 0.1) is 17.9 Å². The quantitative estimate of drug-likeness (QED) is 0.573. The summed E-state index contributed by atoms with van der Waals surface area (Å²) in [4.78, 5) is 40.9. The van der Waals surface area contributed by atoms with Crippen molar-refractivity contribution < 1.29 is 23.9 Å². The van der Waals surface area contributed by atoms with Gasteiger partial charge in [0, 0.05) is 9.90 Å². The summed E-state index contributed by atoms with van der Waals surface area (Å²) < 4.78 is 10.8. The summed E-state index contributed by atoms with van der Waals surface area (Å²) in [7, 11) is 0. The smallest absolute Gasteiger partial charge is 0.341 e. The normalized spacial score (nSPS) is 17.5. The van der Waals surface area contributed by atoms with E-state index in [9.17, 15) is 14.4 Å². The molecule has 0 fully saturated rings. The van der Waals surface area contributed by atoms with Crippen molar-refractivity contribution in [3.63, 3.8) is 0 Å². The predicted octanol–water partition coefficient (Wildman–Crippen LogP) is 5.09. The van der Waals surface area contributed by atoms with Crippen molar-refractivity contribution in [2.45, 2.75) is 47.0 Å². The van der Waals surface area contributed by atoms with Crippen molar-refractivity contribution in [1.29, 1.82) is 0 Å². The Bertz CT molecular complexity index is 1140. The highest BCUT2D eigenvalue weighted by atomic mass is 35.5. The monoisotopic (exact) mass is 504 g/mol. The van der Waals surface area contributed by atoms with Crippen LogP contribution in [0.15, 0.2) is 18.2 Å². The Balaban J connectivity index is 1.60. The molecule has 2 amide bonds. The highest BCUT2D eigenvalue weighted by Gasteiger charge is 2.35. The number of ether oxygens (including phenoxy) is 2. The van der Waals surface area contributed by atoms with Crippen LogP contribution >= 0.6 is 22.9 Å². The molecule has 0 saturated heterocycles. The largest absolute Gasteiger partial charge is 0.482 e. The van der Waals surface area contributed by atoms with E-state index < -0.39 is 11.9 Å². The number of nitrogens with one attached hydrogen (secondary N) is 1. The van der Waals surface area contributed by atoms with Crippen LogP contribution in [0.4, 0.5) is 10.7 Å². The third kappa shape index (κ3) is 4.93. The second kappa shape index (κ2) is 9.58. The lowest BCUT2D eigenvalue weighted by molar-refractivity contribution is -0.123. The average Bonchev–Trinajstić information content (AvgIpc) is 3.12. The number of benzene rings is 1. The summed E-state index contributed by atoms with van der Waals surface area (Å²) in [6.45, 7) is 8.33. The second-order valence-corrected chi connectivity index (χ2v) is 11.2. The number of thiophene rings is 1.